The van der Waals surface area contributed by atoms with Gasteiger partial charge in [0, 0.05) is 5.75 Å². The number of thioether (sulfide) groups is 1. The summed E-state index contributed by atoms with van der Waals surface area (Å²) in [7, 11) is 0. The largest absolute Gasteiger partial charge is 0.394 e. The second-order valence-electron chi connectivity index (χ2n) is 4.67. The van der Waals surface area contributed by atoms with Crippen molar-refractivity contribution in [3.8, 4) is 0 Å². The van der Waals surface area contributed by atoms with Crippen LogP contribution < -0.4 is 5.43 Å². The molecule has 4 atom stereocenters. The molecule has 0 fully saturated rings. The van der Waals surface area contributed by atoms with Crippen molar-refractivity contribution in [1.29, 1.82) is 0 Å². The van der Waals surface area contributed by atoms with Gasteiger partial charge < -0.3 is 25.5 Å². The van der Waals surface area contributed by atoms with Gasteiger partial charge in [-0.2, -0.15) is 5.10 Å². The van der Waals surface area contributed by atoms with Crippen molar-refractivity contribution in [1.82, 2.24) is 5.43 Å². The zero-order valence-corrected chi connectivity index (χ0v) is 13.8. The van der Waals surface area contributed by atoms with Gasteiger partial charge in [0.25, 0.3) is 0 Å². The Morgan fingerprint density at radius 1 is 1.17 bits per heavy atom. The molecular formula is C14H20N2O5S2. The minimum absolute atomic E-state index is 0.378. The Bertz CT molecular complexity index is 503. The second kappa shape index (κ2) is 10.7. The third-order valence-corrected chi connectivity index (χ3v) is 4.15. The van der Waals surface area contributed by atoms with E-state index in [2.05, 4.69) is 10.5 Å². The van der Waals surface area contributed by atoms with E-state index < -0.39 is 31.0 Å². The van der Waals surface area contributed by atoms with Gasteiger partial charge >= 0.3 is 0 Å². The maximum atomic E-state index is 9.61. The fourth-order valence-corrected chi connectivity index (χ4v) is 2.38. The monoisotopic (exact) mass is 360 g/mol. The van der Waals surface area contributed by atoms with Crippen LogP contribution in [0.2, 0.25) is 0 Å². The lowest BCUT2D eigenvalue weighted by atomic mass is 10.0. The van der Waals surface area contributed by atoms with E-state index >= 15 is 0 Å². The topological polar surface area (TPSA) is 126 Å². The first kappa shape index (κ1) is 20.0. The maximum absolute atomic E-state index is 9.61. The van der Waals surface area contributed by atoms with Crippen LogP contribution in [0.3, 0.4) is 0 Å². The van der Waals surface area contributed by atoms with Crippen LogP contribution in [0.5, 0.6) is 0 Å². The quantitative estimate of drug-likeness (QED) is 0.203. The Labute approximate surface area is 143 Å². The predicted octanol–water partition coefficient (Wildman–Crippen LogP) is -0.784. The summed E-state index contributed by atoms with van der Waals surface area (Å²) in [5, 5.41) is 50.2. The maximum Gasteiger partial charge on any atom is 0.154 e. The summed E-state index contributed by atoms with van der Waals surface area (Å²) >= 11 is 6.40. The lowest BCUT2D eigenvalue weighted by molar-refractivity contribution is -0.0999. The first-order valence-corrected chi connectivity index (χ1v) is 8.18. The van der Waals surface area contributed by atoms with Gasteiger partial charge in [-0.25, -0.2) is 0 Å². The van der Waals surface area contributed by atoms with Crippen LogP contribution in [0.4, 0.5) is 0 Å². The highest BCUT2D eigenvalue weighted by Crippen LogP contribution is 2.12. The molecule has 0 radical (unpaired) electrons. The van der Waals surface area contributed by atoms with Crippen molar-refractivity contribution in [2.24, 2.45) is 5.10 Å². The number of rotatable bonds is 8. The first-order chi connectivity index (χ1) is 11.0. The summed E-state index contributed by atoms with van der Waals surface area (Å²) in [6.45, 7) is -0.736. The SMILES string of the molecule is OC[C@@H](O)[C@@H](O)[C@H](O)[C@@H](O)/C=N/NC(=S)SCc1ccccc1. The van der Waals surface area contributed by atoms with Crippen molar-refractivity contribution in [2.75, 3.05) is 6.61 Å². The Morgan fingerprint density at radius 3 is 2.43 bits per heavy atom. The van der Waals surface area contributed by atoms with Crippen LogP contribution in [0.25, 0.3) is 0 Å². The van der Waals surface area contributed by atoms with Gasteiger partial charge in [0.15, 0.2) is 4.32 Å². The molecule has 0 aliphatic carbocycles. The standard InChI is InChI=1S/C14H20N2O5S2/c17-7-11(19)13(21)12(20)10(18)6-15-16-14(22)23-8-9-4-2-1-3-5-9/h1-6,10-13,17-21H,7-8H2,(H,16,22)/b15-6+/t10-,11+,12+,13+/m0/s1. The van der Waals surface area contributed by atoms with Crippen molar-refractivity contribution in [3.63, 3.8) is 0 Å². The van der Waals surface area contributed by atoms with Crippen molar-refractivity contribution in [3.05, 3.63) is 35.9 Å². The number of aliphatic hydroxyl groups is 5. The summed E-state index contributed by atoms with van der Waals surface area (Å²) in [6, 6.07) is 9.70. The molecule has 0 unspecified atom stereocenters. The molecule has 0 bridgehead atoms. The highest BCUT2D eigenvalue weighted by molar-refractivity contribution is 8.22. The summed E-state index contributed by atoms with van der Waals surface area (Å²) in [6.07, 6.45) is -5.51. The van der Waals surface area contributed by atoms with Crippen LogP contribution in [0.15, 0.2) is 35.4 Å². The molecule has 0 saturated heterocycles. The Balaban J connectivity index is 2.35. The van der Waals surface area contributed by atoms with Gasteiger partial charge in [0.1, 0.15) is 24.4 Å². The molecule has 0 heterocycles. The Kier molecular flexibility index (Phi) is 9.26. The lowest BCUT2D eigenvalue weighted by Crippen LogP contribution is -2.46. The van der Waals surface area contributed by atoms with E-state index in [0.29, 0.717) is 10.1 Å². The highest BCUT2D eigenvalue weighted by Gasteiger charge is 2.29. The van der Waals surface area contributed by atoms with E-state index in [1.807, 2.05) is 30.3 Å². The number of nitrogens with one attached hydrogen (secondary N) is 1. The average molecular weight is 360 g/mol. The van der Waals surface area contributed by atoms with Gasteiger partial charge in [0.05, 0.1) is 12.8 Å². The molecule has 0 aliphatic rings. The van der Waals surface area contributed by atoms with E-state index in [1.165, 1.54) is 11.8 Å². The van der Waals surface area contributed by atoms with E-state index in [9.17, 15) is 20.4 Å². The average Bonchev–Trinajstić information content (AvgIpc) is 2.58. The number of hydrazone groups is 1. The molecule has 6 N–H and O–H groups in total. The van der Waals surface area contributed by atoms with E-state index in [0.717, 1.165) is 11.8 Å². The molecular weight excluding hydrogens is 340 g/mol. The number of nitrogens with zero attached hydrogens (tertiary/aromatic N) is 1. The summed E-state index contributed by atoms with van der Waals surface area (Å²) in [4.78, 5) is 0. The minimum atomic E-state index is -1.69. The fraction of sp³-hybridized carbons (Fsp3) is 0.429. The number of benzene rings is 1. The van der Waals surface area contributed by atoms with Crippen molar-refractivity contribution in [2.45, 2.75) is 30.2 Å². The molecule has 0 aromatic heterocycles. The summed E-state index contributed by atoms with van der Waals surface area (Å²) < 4.78 is 0.378. The van der Waals surface area contributed by atoms with E-state index in [1.54, 1.807) is 0 Å². The van der Waals surface area contributed by atoms with Crippen LogP contribution in [-0.2, 0) is 5.75 Å². The molecule has 0 saturated carbocycles. The van der Waals surface area contributed by atoms with Crippen LogP contribution in [0, 0.1) is 0 Å². The number of thiocarbonyl (C=S) groups is 1. The molecule has 9 heteroatoms. The molecule has 0 amide bonds. The normalized spacial score (nSPS) is 16.7. The number of aliphatic hydroxyl groups excluding tert-OH is 5. The highest BCUT2D eigenvalue weighted by atomic mass is 32.2. The molecule has 0 spiro atoms. The minimum Gasteiger partial charge on any atom is -0.394 e. The summed E-state index contributed by atoms with van der Waals surface area (Å²) in [5.41, 5.74) is 3.62. The Hall–Kier alpha value is -1.07. The van der Waals surface area contributed by atoms with Gasteiger partial charge in [-0.15, -0.1) is 0 Å². The summed E-state index contributed by atoms with van der Waals surface area (Å²) in [5.74, 6) is 0.661. The molecule has 0 aliphatic heterocycles. The second-order valence-corrected chi connectivity index (χ2v) is 6.33. The van der Waals surface area contributed by atoms with E-state index in [4.69, 9.17) is 17.3 Å². The third-order valence-electron chi connectivity index (χ3n) is 2.88. The van der Waals surface area contributed by atoms with Gasteiger partial charge in [-0.05, 0) is 5.56 Å². The number of hydrogen-bond donors (Lipinski definition) is 6. The molecule has 23 heavy (non-hydrogen) atoms. The predicted molar refractivity (Wildman–Crippen MR) is 93.1 cm³/mol. The zero-order chi connectivity index (χ0) is 17.2. The van der Waals surface area contributed by atoms with E-state index in [-0.39, 0.29) is 0 Å². The van der Waals surface area contributed by atoms with Crippen molar-refractivity contribution >= 4 is 34.5 Å². The molecule has 7 nitrogen and oxygen atoms in total. The fourth-order valence-electron chi connectivity index (χ4n) is 1.55. The van der Waals surface area contributed by atoms with Crippen LogP contribution in [-0.4, -0.2) is 67.1 Å². The molecule has 1 aromatic rings. The zero-order valence-electron chi connectivity index (χ0n) is 12.2. The Morgan fingerprint density at radius 2 is 1.83 bits per heavy atom. The molecule has 1 rings (SSSR count). The van der Waals surface area contributed by atoms with Crippen molar-refractivity contribution < 1.29 is 25.5 Å². The van der Waals surface area contributed by atoms with Gasteiger partial charge in [-0.3, -0.25) is 5.43 Å². The first-order valence-electron chi connectivity index (χ1n) is 6.78. The van der Waals surface area contributed by atoms with Gasteiger partial charge in [0.2, 0.25) is 0 Å². The molecule has 1 aromatic carbocycles. The third kappa shape index (κ3) is 7.36. The number of hydrogen-bond acceptors (Lipinski definition) is 8. The lowest BCUT2D eigenvalue weighted by Gasteiger charge is -2.23. The van der Waals surface area contributed by atoms with Crippen LogP contribution >= 0.6 is 24.0 Å². The van der Waals surface area contributed by atoms with Crippen LogP contribution in [0.1, 0.15) is 5.56 Å². The van der Waals surface area contributed by atoms with Gasteiger partial charge in [-0.1, -0.05) is 54.3 Å². The molecule has 128 valence electrons. The smallest absolute Gasteiger partial charge is 0.154 e.